The monoisotopic (exact) mass is 278 g/mol. The van der Waals surface area contributed by atoms with E-state index in [9.17, 15) is 4.79 Å². The van der Waals surface area contributed by atoms with Gasteiger partial charge >= 0.3 is 0 Å². The van der Waals surface area contributed by atoms with Gasteiger partial charge in [0.05, 0.1) is 18.8 Å². The van der Waals surface area contributed by atoms with E-state index in [1.54, 1.807) is 0 Å². The van der Waals surface area contributed by atoms with Crippen molar-refractivity contribution in [3.63, 3.8) is 0 Å². The molecular weight excluding hydrogens is 252 g/mol. The molecule has 0 aromatic heterocycles. The van der Waals surface area contributed by atoms with Gasteiger partial charge in [0.1, 0.15) is 0 Å². The zero-order chi connectivity index (χ0) is 15.1. The van der Waals surface area contributed by atoms with E-state index >= 15 is 0 Å². The third-order valence-electron chi connectivity index (χ3n) is 2.84. The minimum Gasteiger partial charge on any atom is -0.374 e. The van der Waals surface area contributed by atoms with Crippen molar-refractivity contribution in [2.75, 3.05) is 5.32 Å². The lowest BCUT2D eigenvalue weighted by Gasteiger charge is -2.15. The summed E-state index contributed by atoms with van der Waals surface area (Å²) < 4.78 is 5.55. The van der Waals surface area contributed by atoms with Crippen molar-refractivity contribution in [2.45, 2.75) is 52.9 Å². The average Bonchev–Trinajstić information content (AvgIpc) is 2.36. The highest BCUT2D eigenvalue weighted by atomic mass is 16.5. The number of benzene rings is 1. The van der Waals surface area contributed by atoms with Gasteiger partial charge in [-0.15, -0.1) is 0 Å². The summed E-state index contributed by atoms with van der Waals surface area (Å²) in [6, 6.07) is 7.20. The molecule has 0 fully saturated rings. The van der Waals surface area contributed by atoms with Crippen molar-refractivity contribution in [3.8, 4) is 0 Å². The average molecular weight is 278 g/mol. The van der Waals surface area contributed by atoms with Gasteiger partial charge in [-0.25, -0.2) is 0 Å². The number of carbonyl (C=O) groups excluding carboxylic acids is 1. The number of rotatable bonds is 7. The lowest BCUT2D eigenvalue weighted by Crippen LogP contribution is -2.36. The molecule has 1 aromatic rings. The van der Waals surface area contributed by atoms with Crippen LogP contribution in [0, 0.1) is 5.92 Å². The molecule has 1 amide bonds. The van der Waals surface area contributed by atoms with E-state index in [1.165, 1.54) is 0 Å². The summed E-state index contributed by atoms with van der Waals surface area (Å²) in [5.74, 6) is 0.266. The molecule has 0 radical (unpaired) electrons. The standard InChI is InChI=1S/C16H26N2O2/c1-11(2)8-15(17)16(19)18-14-7-5-6-13(9-14)10-20-12(3)4/h5-7,9,11-12,15H,8,10,17H2,1-4H3,(H,18,19)/t15-/m0/s1. The maximum absolute atomic E-state index is 12.0. The Bertz CT molecular complexity index is 430. The van der Waals surface area contributed by atoms with Crippen molar-refractivity contribution >= 4 is 11.6 Å². The molecule has 0 unspecified atom stereocenters. The molecule has 4 heteroatoms. The molecular formula is C16H26N2O2. The van der Waals surface area contributed by atoms with Crippen LogP contribution in [0.3, 0.4) is 0 Å². The molecule has 0 aliphatic heterocycles. The zero-order valence-electron chi connectivity index (χ0n) is 12.8. The Morgan fingerprint density at radius 3 is 2.60 bits per heavy atom. The second kappa shape index (κ2) is 8.02. The van der Waals surface area contributed by atoms with E-state index in [2.05, 4.69) is 19.2 Å². The van der Waals surface area contributed by atoms with Crippen LogP contribution in [0.15, 0.2) is 24.3 Å². The van der Waals surface area contributed by atoms with Crippen LogP contribution in [-0.2, 0) is 16.1 Å². The van der Waals surface area contributed by atoms with Crippen molar-refractivity contribution in [3.05, 3.63) is 29.8 Å². The van der Waals surface area contributed by atoms with Gasteiger partial charge in [-0.05, 0) is 43.9 Å². The van der Waals surface area contributed by atoms with Gasteiger partial charge < -0.3 is 15.8 Å². The Labute approximate surface area is 121 Å². The van der Waals surface area contributed by atoms with Crippen LogP contribution in [0.4, 0.5) is 5.69 Å². The van der Waals surface area contributed by atoms with E-state index in [0.717, 1.165) is 11.3 Å². The predicted octanol–water partition coefficient (Wildman–Crippen LogP) is 2.92. The van der Waals surface area contributed by atoms with Crippen LogP contribution in [0.25, 0.3) is 0 Å². The van der Waals surface area contributed by atoms with Crippen molar-refractivity contribution in [2.24, 2.45) is 11.7 Å². The molecule has 1 aromatic carbocycles. The third-order valence-corrected chi connectivity index (χ3v) is 2.84. The summed E-state index contributed by atoms with van der Waals surface area (Å²) in [4.78, 5) is 12.0. The summed E-state index contributed by atoms with van der Waals surface area (Å²) in [5.41, 5.74) is 7.66. The number of anilines is 1. The van der Waals surface area contributed by atoms with Gasteiger partial charge in [-0.2, -0.15) is 0 Å². The SMILES string of the molecule is CC(C)C[C@H](N)C(=O)Nc1cccc(COC(C)C)c1. The molecule has 4 nitrogen and oxygen atoms in total. The first-order chi connectivity index (χ1) is 9.38. The van der Waals surface area contributed by atoms with Crippen LogP contribution in [0.1, 0.15) is 39.7 Å². The molecule has 0 bridgehead atoms. The second-order valence-corrected chi connectivity index (χ2v) is 5.79. The number of nitrogens with two attached hydrogens (primary N) is 1. The van der Waals surface area contributed by atoms with Crippen LogP contribution in [0.2, 0.25) is 0 Å². The Balaban J connectivity index is 2.59. The fourth-order valence-electron chi connectivity index (χ4n) is 1.85. The maximum Gasteiger partial charge on any atom is 0.241 e. The first-order valence-electron chi connectivity index (χ1n) is 7.15. The van der Waals surface area contributed by atoms with Gasteiger partial charge in [-0.3, -0.25) is 4.79 Å². The number of nitrogens with one attached hydrogen (secondary N) is 1. The molecule has 0 aliphatic carbocycles. The highest BCUT2D eigenvalue weighted by molar-refractivity contribution is 5.94. The molecule has 112 valence electrons. The van der Waals surface area contributed by atoms with E-state index in [-0.39, 0.29) is 12.0 Å². The lowest BCUT2D eigenvalue weighted by molar-refractivity contribution is -0.117. The maximum atomic E-state index is 12.0. The topological polar surface area (TPSA) is 64.4 Å². The second-order valence-electron chi connectivity index (χ2n) is 5.79. The molecule has 1 rings (SSSR count). The van der Waals surface area contributed by atoms with E-state index < -0.39 is 6.04 Å². The highest BCUT2D eigenvalue weighted by Gasteiger charge is 2.15. The van der Waals surface area contributed by atoms with Crippen LogP contribution in [-0.4, -0.2) is 18.1 Å². The molecule has 1 atom stereocenters. The van der Waals surface area contributed by atoms with E-state index in [1.807, 2.05) is 38.1 Å². The number of amides is 1. The van der Waals surface area contributed by atoms with Crippen molar-refractivity contribution < 1.29 is 9.53 Å². The smallest absolute Gasteiger partial charge is 0.241 e. The van der Waals surface area contributed by atoms with Crippen LogP contribution in [0.5, 0.6) is 0 Å². The van der Waals surface area contributed by atoms with E-state index in [4.69, 9.17) is 10.5 Å². The van der Waals surface area contributed by atoms with Gasteiger partial charge in [0.25, 0.3) is 0 Å². The van der Waals surface area contributed by atoms with Gasteiger partial charge in [0.2, 0.25) is 5.91 Å². The summed E-state index contributed by atoms with van der Waals surface area (Å²) in [5, 5.41) is 2.86. The zero-order valence-corrected chi connectivity index (χ0v) is 12.8. The highest BCUT2D eigenvalue weighted by Crippen LogP contribution is 2.13. The molecule has 20 heavy (non-hydrogen) atoms. The van der Waals surface area contributed by atoms with Gasteiger partial charge in [0, 0.05) is 5.69 Å². The predicted molar refractivity (Wildman–Crippen MR) is 82.4 cm³/mol. The molecule has 0 saturated heterocycles. The molecule has 3 N–H and O–H groups in total. The fraction of sp³-hybridized carbons (Fsp3) is 0.562. The Hall–Kier alpha value is -1.39. The number of hydrogen-bond acceptors (Lipinski definition) is 3. The van der Waals surface area contributed by atoms with Crippen molar-refractivity contribution in [1.29, 1.82) is 0 Å². The van der Waals surface area contributed by atoms with Gasteiger partial charge in [-0.1, -0.05) is 26.0 Å². The lowest BCUT2D eigenvalue weighted by atomic mass is 10.0. The minimum atomic E-state index is -0.467. The van der Waals surface area contributed by atoms with Gasteiger partial charge in [0.15, 0.2) is 0 Å². The summed E-state index contributed by atoms with van der Waals surface area (Å²) in [6.07, 6.45) is 0.870. The first-order valence-corrected chi connectivity index (χ1v) is 7.15. The Morgan fingerprint density at radius 2 is 2.00 bits per heavy atom. The van der Waals surface area contributed by atoms with Crippen LogP contribution < -0.4 is 11.1 Å². The quantitative estimate of drug-likeness (QED) is 0.806. The normalized spacial score (nSPS) is 12.8. The molecule has 0 saturated carbocycles. The summed E-state index contributed by atoms with van der Waals surface area (Å²) in [6.45, 7) is 8.64. The van der Waals surface area contributed by atoms with E-state index in [0.29, 0.717) is 18.9 Å². The number of carbonyl (C=O) groups is 1. The number of ether oxygens (including phenoxy) is 1. The van der Waals surface area contributed by atoms with Crippen molar-refractivity contribution in [1.82, 2.24) is 0 Å². The molecule has 0 spiro atoms. The minimum absolute atomic E-state index is 0.138. The fourth-order valence-corrected chi connectivity index (χ4v) is 1.85. The van der Waals surface area contributed by atoms with Crippen LogP contribution >= 0.6 is 0 Å². The first kappa shape index (κ1) is 16.7. The molecule has 0 heterocycles. The Morgan fingerprint density at radius 1 is 1.30 bits per heavy atom. The summed E-state index contributed by atoms with van der Waals surface area (Å²) >= 11 is 0. The summed E-state index contributed by atoms with van der Waals surface area (Å²) in [7, 11) is 0. The largest absolute Gasteiger partial charge is 0.374 e. The molecule has 0 aliphatic rings. The number of hydrogen-bond donors (Lipinski definition) is 2. The Kier molecular flexibility index (Phi) is 6.68. The third kappa shape index (κ3) is 6.17.